The standard InChI is InChI=1S/C21H19F6N5O3/c22-20(23,24)12-35-16-7-6-13(10-32-16)18(33)29-8-9-30-19(34)15(17(28)21(25,26)27)11-31-14-4-2-1-3-5-14/h1-7,10-11,28,31H,8-9,12H2,(H,29,33)(H,30,34)/p+1/b15-11+,28-17?. The molecule has 0 saturated carbocycles. The van der Waals surface area contributed by atoms with Crippen LogP contribution in [0.4, 0.5) is 32.0 Å². The van der Waals surface area contributed by atoms with E-state index in [9.17, 15) is 35.9 Å². The molecule has 0 fully saturated rings. The van der Waals surface area contributed by atoms with Gasteiger partial charge in [-0.3, -0.25) is 20.3 Å². The van der Waals surface area contributed by atoms with Gasteiger partial charge in [-0.05, 0) is 18.2 Å². The summed E-state index contributed by atoms with van der Waals surface area (Å²) in [5.41, 5.74) is -2.24. The highest BCUT2D eigenvalue weighted by Crippen LogP contribution is 2.21. The van der Waals surface area contributed by atoms with Gasteiger partial charge < -0.3 is 15.4 Å². The van der Waals surface area contributed by atoms with E-state index in [0.29, 0.717) is 5.69 Å². The molecule has 14 heteroatoms. The van der Waals surface area contributed by atoms with Crippen LogP contribution in [0.3, 0.4) is 0 Å². The van der Waals surface area contributed by atoms with E-state index in [2.05, 4.69) is 20.4 Å². The van der Waals surface area contributed by atoms with Crippen LogP contribution in [0, 0.1) is 5.41 Å². The van der Waals surface area contributed by atoms with Gasteiger partial charge in [-0.2, -0.15) is 26.3 Å². The van der Waals surface area contributed by atoms with Crippen molar-refractivity contribution in [3.8, 4) is 5.88 Å². The zero-order valence-corrected chi connectivity index (χ0v) is 17.8. The molecule has 0 atom stereocenters. The van der Waals surface area contributed by atoms with E-state index in [4.69, 9.17) is 5.41 Å². The van der Waals surface area contributed by atoms with Crippen LogP contribution in [0.25, 0.3) is 0 Å². The number of nitrogens with one attached hydrogen (secondary N) is 3. The van der Waals surface area contributed by atoms with Gasteiger partial charge in [0.2, 0.25) is 5.88 Å². The maximum Gasteiger partial charge on any atom is 0.433 e. The number of carbonyl (C=O) groups is 2. The Kier molecular flexibility index (Phi) is 9.34. The highest BCUT2D eigenvalue weighted by atomic mass is 19.4. The summed E-state index contributed by atoms with van der Waals surface area (Å²) in [4.78, 5) is 27.9. The van der Waals surface area contributed by atoms with Crippen LogP contribution in [0.5, 0.6) is 5.88 Å². The first-order valence-corrected chi connectivity index (χ1v) is 9.85. The molecule has 1 aromatic carbocycles. The summed E-state index contributed by atoms with van der Waals surface area (Å²) in [5.74, 6) is -2.20. The third-order valence-electron chi connectivity index (χ3n) is 4.12. The van der Waals surface area contributed by atoms with Gasteiger partial charge >= 0.3 is 12.4 Å². The van der Waals surface area contributed by atoms with E-state index < -0.39 is 42.1 Å². The number of nitrogens with two attached hydrogens (primary N) is 1. The number of quaternary nitrogens is 1. The molecule has 0 aliphatic rings. The second kappa shape index (κ2) is 12.0. The molecule has 0 unspecified atom stereocenters. The van der Waals surface area contributed by atoms with E-state index in [1.54, 1.807) is 30.3 Å². The van der Waals surface area contributed by atoms with Crippen molar-refractivity contribution in [2.75, 3.05) is 19.7 Å². The van der Waals surface area contributed by atoms with Crippen LogP contribution < -0.4 is 20.7 Å². The van der Waals surface area contributed by atoms with Crippen molar-refractivity contribution in [3.63, 3.8) is 0 Å². The zero-order chi connectivity index (χ0) is 26.1. The second-order valence-corrected chi connectivity index (χ2v) is 6.83. The Bertz CT molecular complexity index is 1050. The summed E-state index contributed by atoms with van der Waals surface area (Å²) in [5, 5.41) is 13.1. The molecule has 0 aliphatic heterocycles. The Morgan fingerprint density at radius 2 is 1.66 bits per heavy atom. The van der Waals surface area contributed by atoms with Gasteiger partial charge in [0.25, 0.3) is 11.8 Å². The number of aromatic nitrogens is 1. The minimum atomic E-state index is -5.05. The average molecular weight is 504 g/mol. The van der Waals surface area contributed by atoms with Gasteiger partial charge in [-0.25, -0.2) is 4.98 Å². The van der Waals surface area contributed by atoms with Gasteiger partial charge in [0.15, 0.2) is 12.3 Å². The molecular formula is C21H20F6N5O3+. The molecule has 188 valence electrons. The molecule has 5 N–H and O–H groups in total. The van der Waals surface area contributed by atoms with E-state index in [-0.39, 0.29) is 24.5 Å². The Morgan fingerprint density at radius 3 is 2.23 bits per heavy atom. The average Bonchev–Trinajstić information content (AvgIpc) is 2.80. The fourth-order valence-electron chi connectivity index (χ4n) is 2.47. The molecule has 2 rings (SSSR count). The van der Waals surface area contributed by atoms with Crippen molar-refractivity contribution in [1.29, 1.82) is 5.41 Å². The summed E-state index contributed by atoms with van der Waals surface area (Å²) in [6.07, 6.45) is -7.74. The van der Waals surface area contributed by atoms with Crippen LogP contribution in [0.1, 0.15) is 10.4 Å². The first kappa shape index (κ1) is 27.3. The van der Waals surface area contributed by atoms with Crippen molar-refractivity contribution in [2.24, 2.45) is 0 Å². The smallest absolute Gasteiger partial charge is 0.433 e. The van der Waals surface area contributed by atoms with Crippen LogP contribution in [0.2, 0.25) is 0 Å². The van der Waals surface area contributed by atoms with Crippen molar-refractivity contribution >= 4 is 23.2 Å². The van der Waals surface area contributed by atoms with Gasteiger partial charge in [0.1, 0.15) is 17.5 Å². The number of para-hydroxylation sites is 1. The first-order valence-electron chi connectivity index (χ1n) is 9.85. The third-order valence-corrected chi connectivity index (χ3v) is 4.12. The fraction of sp³-hybridized carbons (Fsp3) is 0.238. The van der Waals surface area contributed by atoms with Gasteiger partial charge in [0, 0.05) is 25.4 Å². The lowest BCUT2D eigenvalue weighted by atomic mass is 10.1. The Balaban J connectivity index is 1.89. The Hall–Kier alpha value is -3.94. The number of carbonyl (C=O) groups excluding carboxylic acids is 2. The molecule has 35 heavy (non-hydrogen) atoms. The Morgan fingerprint density at radius 1 is 1.00 bits per heavy atom. The lowest BCUT2D eigenvalue weighted by Gasteiger charge is -2.12. The quantitative estimate of drug-likeness (QED) is 0.130. The van der Waals surface area contributed by atoms with Crippen LogP contribution >= 0.6 is 0 Å². The number of alkyl halides is 6. The van der Waals surface area contributed by atoms with Crippen LogP contribution in [-0.4, -0.2) is 54.6 Å². The highest BCUT2D eigenvalue weighted by Gasteiger charge is 2.39. The second-order valence-electron chi connectivity index (χ2n) is 6.83. The van der Waals surface area contributed by atoms with E-state index in [0.717, 1.165) is 24.5 Å². The van der Waals surface area contributed by atoms with Gasteiger partial charge in [-0.15, -0.1) is 0 Å². The maximum atomic E-state index is 13.0. The molecule has 0 radical (unpaired) electrons. The van der Waals surface area contributed by atoms with Crippen LogP contribution in [-0.2, 0) is 4.79 Å². The molecule has 8 nitrogen and oxygen atoms in total. The molecule has 2 aromatic rings. The molecular weight excluding hydrogens is 484 g/mol. The molecule has 1 heterocycles. The normalized spacial score (nSPS) is 12.1. The lowest BCUT2D eigenvalue weighted by Crippen LogP contribution is -2.72. The predicted octanol–water partition coefficient (Wildman–Crippen LogP) is 2.23. The number of halogens is 6. The highest BCUT2D eigenvalue weighted by molar-refractivity contribution is 6.22. The van der Waals surface area contributed by atoms with Gasteiger partial charge in [0.05, 0.1) is 5.56 Å². The summed E-state index contributed by atoms with van der Waals surface area (Å²) in [6.45, 7) is -2.00. The predicted molar refractivity (Wildman–Crippen MR) is 111 cm³/mol. The van der Waals surface area contributed by atoms with Crippen molar-refractivity contribution in [2.45, 2.75) is 12.4 Å². The molecule has 0 bridgehead atoms. The van der Waals surface area contributed by atoms with E-state index in [1.165, 1.54) is 5.32 Å². The summed E-state index contributed by atoms with van der Waals surface area (Å²) < 4.78 is 79.9. The number of ether oxygens (including phenoxy) is 1. The van der Waals surface area contributed by atoms with Crippen LogP contribution in [0.15, 0.2) is 60.4 Å². The summed E-state index contributed by atoms with van der Waals surface area (Å²) >= 11 is 0. The van der Waals surface area contributed by atoms with E-state index in [1.807, 2.05) is 0 Å². The third kappa shape index (κ3) is 9.44. The maximum absolute atomic E-state index is 13.0. The molecule has 0 saturated heterocycles. The van der Waals surface area contributed by atoms with Gasteiger partial charge in [-0.1, -0.05) is 18.2 Å². The number of rotatable bonds is 10. The summed E-state index contributed by atoms with van der Waals surface area (Å²) in [6, 6.07) is 10.4. The number of hydrogen-bond acceptors (Lipinski definition) is 5. The Labute approximate surface area is 194 Å². The van der Waals surface area contributed by atoms with Crippen molar-refractivity contribution in [1.82, 2.24) is 15.6 Å². The van der Waals surface area contributed by atoms with Crippen molar-refractivity contribution < 1.29 is 46.0 Å². The minimum absolute atomic E-state index is 0.0208. The number of pyridine rings is 1. The number of benzene rings is 1. The fourth-order valence-corrected chi connectivity index (χ4v) is 2.47. The summed E-state index contributed by atoms with van der Waals surface area (Å²) in [7, 11) is 0. The molecule has 0 aliphatic carbocycles. The first-order chi connectivity index (χ1) is 16.4. The minimum Gasteiger partial charge on any atom is -0.468 e. The van der Waals surface area contributed by atoms with E-state index >= 15 is 0 Å². The largest absolute Gasteiger partial charge is 0.468 e. The number of nitrogens with zero attached hydrogens (tertiary/aromatic N) is 1. The molecule has 2 amide bonds. The monoisotopic (exact) mass is 504 g/mol. The topological polar surface area (TPSA) is 121 Å². The zero-order valence-electron chi connectivity index (χ0n) is 17.8. The number of amides is 2. The molecule has 1 aromatic heterocycles. The number of hydrogen-bond donors (Lipinski definition) is 4. The van der Waals surface area contributed by atoms with Crippen molar-refractivity contribution in [3.05, 3.63) is 66.0 Å². The lowest BCUT2D eigenvalue weighted by molar-refractivity contribution is -0.496. The molecule has 0 spiro atoms. The SMILES string of the molecule is N=C(/C(=C\[NH2+]c1ccccc1)C(=O)NCCNC(=O)c1ccc(OCC(F)(F)F)nc1)C(F)(F)F.